The monoisotopic (exact) mass is 849 g/mol. The van der Waals surface area contributed by atoms with Crippen LogP contribution in [0, 0.1) is 0 Å². The summed E-state index contributed by atoms with van der Waals surface area (Å²) in [6.07, 6.45) is 13.6. The lowest BCUT2D eigenvalue weighted by Gasteiger charge is -2.47. The fourth-order valence-electron chi connectivity index (χ4n) is 7.08. The minimum absolute atomic E-state index is 0.0114. The van der Waals surface area contributed by atoms with Crippen LogP contribution in [0.1, 0.15) is 161 Å². The first kappa shape index (κ1) is 48.5. The molecule has 0 aliphatic carbocycles. The van der Waals surface area contributed by atoms with Crippen molar-refractivity contribution in [3.05, 3.63) is 35.9 Å². The van der Waals surface area contributed by atoms with Gasteiger partial charge in [0.15, 0.2) is 18.7 Å². The number of rotatable bonds is 27. The van der Waals surface area contributed by atoms with E-state index in [0.717, 1.165) is 51.4 Å². The van der Waals surface area contributed by atoms with E-state index in [0.29, 0.717) is 12.0 Å². The Morgan fingerprint density at radius 3 is 1.96 bits per heavy atom. The Labute approximate surface area is 349 Å². The summed E-state index contributed by atoms with van der Waals surface area (Å²) in [5.41, 5.74) is 0.716. The summed E-state index contributed by atoms with van der Waals surface area (Å²) in [5, 5.41) is 13.5. The van der Waals surface area contributed by atoms with Crippen molar-refractivity contribution in [2.45, 2.75) is 196 Å². The van der Waals surface area contributed by atoms with E-state index in [9.17, 15) is 19.5 Å². The zero-order valence-electron chi connectivity index (χ0n) is 33.4. The average molecular weight is 851 g/mol. The summed E-state index contributed by atoms with van der Waals surface area (Å²) >= 11 is 17.3. The second-order valence-corrected chi connectivity index (χ2v) is 17.6. The van der Waals surface area contributed by atoms with E-state index in [1.54, 1.807) is 0 Å². The number of carbonyl (C=O) groups excluding carboxylic acids is 3. The summed E-state index contributed by atoms with van der Waals surface area (Å²) in [6, 6.07) is 7.85. The molecule has 2 fully saturated rings. The number of benzene rings is 1. The number of ether oxygens (including phenoxy) is 6. The minimum atomic E-state index is -1.88. The van der Waals surface area contributed by atoms with Gasteiger partial charge in [-0.3, -0.25) is 9.59 Å². The van der Waals surface area contributed by atoms with Crippen molar-refractivity contribution >= 4 is 52.8 Å². The van der Waals surface area contributed by atoms with E-state index in [-0.39, 0.29) is 25.4 Å². The second-order valence-electron chi connectivity index (χ2n) is 15.1. The highest BCUT2D eigenvalue weighted by Crippen LogP contribution is 2.35. The van der Waals surface area contributed by atoms with Gasteiger partial charge in [-0.05, 0) is 19.3 Å². The fourth-order valence-corrected chi connectivity index (χ4v) is 7.25. The van der Waals surface area contributed by atoms with Gasteiger partial charge in [0.05, 0.1) is 13.0 Å². The number of hydrogen-bond donors (Lipinski definition) is 2. The Kier molecular flexibility index (Phi) is 24.0. The number of hydrogen-bond acceptors (Lipinski definition) is 10. The number of carbonyl (C=O) groups is 3. The number of unbranched alkanes of at least 4 members (excludes halogenated alkanes) is 16. The van der Waals surface area contributed by atoms with Gasteiger partial charge in [0.1, 0.15) is 31.0 Å². The van der Waals surface area contributed by atoms with Crippen LogP contribution in [0.25, 0.3) is 0 Å². The molecule has 0 saturated carbocycles. The van der Waals surface area contributed by atoms with Crippen LogP contribution in [0.5, 0.6) is 0 Å². The lowest BCUT2D eigenvalue weighted by atomic mass is 9.95. The molecule has 0 aromatic heterocycles. The van der Waals surface area contributed by atoms with Crippen LogP contribution in [-0.2, 0) is 38.0 Å². The minimum Gasteiger partial charge on any atom is -0.462 e. The third kappa shape index (κ3) is 19.7. The number of aliphatic hydroxyl groups excluding tert-OH is 1. The van der Waals surface area contributed by atoms with Crippen LogP contribution < -0.4 is 5.32 Å². The van der Waals surface area contributed by atoms with Gasteiger partial charge in [0.2, 0.25) is 3.79 Å². The molecule has 11 nitrogen and oxygen atoms in total. The van der Waals surface area contributed by atoms with Crippen molar-refractivity contribution in [2.75, 3.05) is 13.2 Å². The molecule has 320 valence electrons. The van der Waals surface area contributed by atoms with Crippen molar-refractivity contribution in [2.24, 2.45) is 0 Å². The normalized spacial score (nSPS) is 22.8. The highest BCUT2D eigenvalue weighted by molar-refractivity contribution is 6.67. The van der Waals surface area contributed by atoms with Gasteiger partial charge in [0, 0.05) is 12.0 Å². The van der Waals surface area contributed by atoms with E-state index >= 15 is 0 Å². The number of esters is 2. The molecule has 2 N–H and O–H groups in total. The molecule has 0 spiro atoms. The van der Waals surface area contributed by atoms with Gasteiger partial charge in [0.25, 0.3) is 0 Å². The molecular weight excluding hydrogens is 785 g/mol. The molecule has 2 aliphatic heterocycles. The van der Waals surface area contributed by atoms with Crippen molar-refractivity contribution in [3.8, 4) is 0 Å². The van der Waals surface area contributed by atoms with Gasteiger partial charge in [-0.2, -0.15) is 0 Å². The molecular formula is C42H66Cl3NO10. The Morgan fingerprint density at radius 1 is 0.804 bits per heavy atom. The standard InChI is InChI=1S/C42H66Cl3NO10/c1-3-5-7-9-11-13-15-17-22-26-32(53-34(47)27-23-18-16-14-12-10-8-6-4-2)28-35(48)55-38-36(46-41(50)52-30-42(43,44)45)39(49)54-33-29-51-40(56-37(33)38)31-24-20-19-21-25-31/h19-21,24-25,32-33,36-40,49H,3-18,22-23,26-30H2,1-2H3,(H,46,50)/t32-,33?,36?,37-,38-,39-,40?/m1/s1. The van der Waals surface area contributed by atoms with E-state index in [1.165, 1.54) is 64.2 Å². The van der Waals surface area contributed by atoms with Gasteiger partial charge in [-0.15, -0.1) is 0 Å². The zero-order chi connectivity index (χ0) is 40.6. The number of aliphatic hydroxyl groups is 1. The Morgan fingerprint density at radius 2 is 1.38 bits per heavy atom. The summed E-state index contributed by atoms with van der Waals surface area (Å²) in [4.78, 5) is 39.6. The number of amides is 1. The molecule has 3 unspecified atom stereocenters. The molecule has 2 heterocycles. The van der Waals surface area contributed by atoms with Crippen LogP contribution in [0.3, 0.4) is 0 Å². The first-order valence-electron chi connectivity index (χ1n) is 21.0. The summed E-state index contributed by atoms with van der Waals surface area (Å²) < 4.78 is 33.1. The lowest BCUT2D eigenvalue weighted by Crippen LogP contribution is -2.67. The van der Waals surface area contributed by atoms with Crippen molar-refractivity contribution in [1.82, 2.24) is 5.32 Å². The summed E-state index contributed by atoms with van der Waals surface area (Å²) in [5.74, 6) is -1.02. The van der Waals surface area contributed by atoms with Crippen LogP contribution in [0.15, 0.2) is 30.3 Å². The predicted octanol–water partition coefficient (Wildman–Crippen LogP) is 10.3. The number of nitrogens with one attached hydrogen (secondary N) is 1. The molecule has 14 heteroatoms. The largest absolute Gasteiger partial charge is 0.462 e. The smallest absolute Gasteiger partial charge is 0.407 e. The number of alkyl carbamates (subject to hydrolysis) is 1. The average Bonchev–Trinajstić information content (AvgIpc) is 3.17. The van der Waals surface area contributed by atoms with Gasteiger partial charge in [-0.1, -0.05) is 182 Å². The third-order valence-electron chi connectivity index (χ3n) is 10.2. The van der Waals surface area contributed by atoms with Crippen molar-refractivity contribution in [3.63, 3.8) is 0 Å². The molecule has 0 bridgehead atoms. The van der Waals surface area contributed by atoms with Gasteiger partial charge >= 0.3 is 18.0 Å². The zero-order valence-corrected chi connectivity index (χ0v) is 35.7. The van der Waals surface area contributed by atoms with E-state index in [2.05, 4.69) is 19.2 Å². The number of fused-ring (bicyclic) bond motifs is 1. The van der Waals surface area contributed by atoms with Crippen LogP contribution >= 0.6 is 34.8 Å². The molecule has 3 rings (SSSR count). The molecule has 1 aromatic rings. The quantitative estimate of drug-likeness (QED) is 0.0381. The highest BCUT2D eigenvalue weighted by atomic mass is 35.6. The maximum absolute atomic E-state index is 13.8. The Balaban J connectivity index is 1.66. The molecule has 1 amide bonds. The Hall–Kier alpha value is -1.86. The lowest BCUT2D eigenvalue weighted by molar-refractivity contribution is -0.338. The Bertz CT molecular complexity index is 1240. The van der Waals surface area contributed by atoms with Crippen LogP contribution in [-0.4, -0.2) is 76.9 Å². The van der Waals surface area contributed by atoms with Crippen LogP contribution in [0.4, 0.5) is 4.79 Å². The topological polar surface area (TPSA) is 139 Å². The number of alkyl halides is 3. The maximum atomic E-state index is 13.8. The first-order chi connectivity index (χ1) is 27.0. The third-order valence-corrected chi connectivity index (χ3v) is 10.5. The van der Waals surface area contributed by atoms with E-state index in [1.807, 2.05) is 30.3 Å². The second kappa shape index (κ2) is 27.8. The molecule has 7 atom stereocenters. The molecule has 2 aliphatic rings. The molecule has 2 saturated heterocycles. The van der Waals surface area contributed by atoms with Gasteiger partial charge < -0.3 is 38.8 Å². The van der Waals surface area contributed by atoms with E-state index in [4.69, 9.17) is 63.2 Å². The molecule has 1 aromatic carbocycles. The first-order valence-corrected chi connectivity index (χ1v) is 22.2. The summed E-state index contributed by atoms with van der Waals surface area (Å²) in [6.45, 7) is 3.86. The summed E-state index contributed by atoms with van der Waals surface area (Å²) in [7, 11) is 0. The highest BCUT2D eigenvalue weighted by Gasteiger charge is 2.52. The van der Waals surface area contributed by atoms with Crippen molar-refractivity contribution in [1.29, 1.82) is 0 Å². The van der Waals surface area contributed by atoms with Gasteiger partial charge in [-0.25, -0.2) is 4.79 Å². The van der Waals surface area contributed by atoms with Crippen LogP contribution in [0.2, 0.25) is 0 Å². The molecule has 0 radical (unpaired) electrons. The van der Waals surface area contributed by atoms with E-state index < -0.39 is 65.5 Å². The maximum Gasteiger partial charge on any atom is 0.407 e. The van der Waals surface area contributed by atoms with Crippen molar-refractivity contribution < 1.29 is 47.9 Å². The predicted molar refractivity (Wildman–Crippen MR) is 218 cm³/mol. The molecule has 56 heavy (non-hydrogen) atoms. The fraction of sp³-hybridized carbons (Fsp3) is 0.786. The number of halogens is 3. The SMILES string of the molecule is CCCCCCCCCCCC(=O)O[C@H](CCCCCCCCCCC)CC(=O)O[C@@H]1C(NC(=O)OCC(Cl)(Cl)Cl)[C@H](O)OC2COC(c3ccccc3)O[C@H]21.